The molecule has 0 aromatic heterocycles. The number of aryl methyl sites for hydroxylation is 1. The zero-order valence-corrected chi connectivity index (χ0v) is 16.1. The van der Waals surface area contributed by atoms with E-state index in [2.05, 4.69) is 12.2 Å². The van der Waals surface area contributed by atoms with Crippen molar-refractivity contribution in [2.75, 3.05) is 18.5 Å². The maximum atomic E-state index is 12.0. The lowest BCUT2D eigenvalue weighted by atomic mass is 10.2. The number of ether oxygens (including phenoxy) is 2. The number of benzene rings is 2. The molecule has 0 bridgehead atoms. The Bertz CT molecular complexity index is 701. The minimum absolute atomic E-state index is 0.0574. The molecule has 5 heteroatoms. The van der Waals surface area contributed by atoms with E-state index in [-0.39, 0.29) is 12.5 Å². The Balaban J connectivity index is 1.74. The van der Waals surface area contributed by atoms with Gasteiger partial charge in [0, 0.05) is 10.7 Å². The van der Waals surface area contributed by atoms with Gasteiger partial charge in [-0.05, 0) is 61.4 Å². The van der Waals surface area contributed by atoms with Crippen LogP contribution in [-0.4, -0.2) is 19.1 Å². The fourth-order valence-corrected chi connectivity index (χ4v) is 2.70. The lowest BCUT2D eigenvalue weighted by molar-refractivity contribution is -0.118. The summed E-state index contributed by atoms with van der Waals surface area (Å²) in [5.41, 5.74) is 1.61. The summed E-state index contributed by atoms with van der Waals surface area (Å²) in [6.07, 6.45) is 4.72. The molecule has 0 aliphatic carbocycles. The van der Waals surface area contributed by atoms with Crippen LogP contribution in [0.1, 0.15) is 38.2 Å². The predicted octanol–water partition coefficient (Wildman–Crippen LogP) is 5.63. The molecule has 2 aromatic carbocycles. The molecule has 0 fully saturated rings. The molecule has 0 unspecified atom stereocenters. The van der Waals surface area contributed by atoms with Crippen molar-refractivity contribution in [2.45, 2.75) is 39.5 Å². The van der Waals surface area contributed by atoms with Crippen LogP contribution in [0.4, 0.5) is 5.69 Å². The molecule has 0 heterocycles. The second-order valence-electron chi connectivity index (χ2n) is 6.18. The summed E-state index contributed by atoms with van der Waals surface area (Å²) in [7, 11) is 0. The van der Waals surface area contributed by atoms with Crippen molar-refractivity contribution in [1.29, 1.82) is 0 Å². The number of carbonyl (C=O) groups excluding carboxylic acids is 1. The highest BCUT2D eigenvalue weighted by Crippen LogP contribution is 2.22. The first-order chi connectivity index (χ1) is 12.6. The third kappa shape index (κ3) is 6.96. The van der Waals surface area contributed by atoms with E-state index >= 15 is 0 Å². The third-order valence-corrected chi connectivity index (χ3v) is 4.14. The molecule has 0 radical (unpaired) electrons. The van der Waals surface area contributed by atoms with Gasteiger partial charge in [0.15, 0.2) is 6.61 Å². The number of carbonyl (C=O) groups is 1. The molecule has 0 aliphatic rings. The van der Waals surface area contributed by atoms with Gasteiger partial charge in [0.2, 0.25) is 0 Å². The van der Waals surface area contributed by atoms with Gasteiger partial charge in [0.25, 0.3) is 5.91 Å². The van der Waals surface area contributed by atoms with Gasteiger partial charge in [-0.3, -0.25) is 4.79 Å². The molecule has 0 atom stereocenters. The monoisotopic (exact) mass is 375 g/mol. The van der Waals surface area contributed by atoms with E-state index in [1.54, 1.807) is 18.2 Å². The second kappa shape index (κ2) is 10.7. The molecule has 2 rings (SSSR count). The van der Waals surface area contributed by atoms with Gasteiger partial charge in [0.1, 0.15) is 11.5 Å². The predicted molar refractivity (Wildman–Crippen MR) is 106 cm³/mol. The van der Waals surface area contributed by atoms with Crippen LogP contribution in [0, 0.1) is 6.92 Å². The number of halogens is 1. The van der Waals surface area contributed by atoms with Gasteiger partial charge < -0.3 is 14.8 Å². The Morgan fingerprint density at radius 2 is 1.81 bits per heavy atom. The van der Waals surface area contributed by atoms with Crippen molar-refractivity contribution in [1.82, 2.24) is 0 Å². The maximum absolute atomic E-state index is 12.0. The Morgan fingerprint density at radius 3 is 2.50 bits per heavy atom. The lowest BCUT2D eigenvalue weighted by Crippen LogP contribution is -2.20. The average molecular weight is 376 g/mol. The van der Waals surface area contributed by atoms with Gasteiger partial charge in [-0.15, -0.1) is 0 Å². The van der Waals surface area contributed by atoms with Crippen molar-refractivity contribution in [3.05, 3.63) is 53.1 Å². The molecule has 0 spiro atoms. The quantitative estimate of drug-likeness (QED) is 0.548. The first-order valence-corrected chi connectivity index (χ1v) is 9.38. The van der Waals surface area contributed by atoms with Crippen LogP contribution in [0.25, 0.3) is 0 Å². The number of hydrogen-bond donors (Lipinski definition) is 1. The van der Waals surface area contributed by atoms with Gasteiger partial charge >= 0.3 is 0 Å². The second-order valence-corrected chi connectivity index (χ2v) is 6.62. The summed E-state index contributed by atoms with van der Waals surface area (Å²) in [5, 5.41) is 3.45. The number of hydrogen-bond acceptors (Lipinski definition) is 3. The smallest absolute Gasteiger partial charge is 0.262 e. The number of anilines is 1. The Kier molecular flexibility index (Phi) is 8.29. The molecular weight excluding hydrogens is 350 g/mol. The highest BCUT2D eigenvalue weighted by Gasteiger charge is 2.06. The van der Waals surface area contributed by atoms with Gasteiger partial charge in [-0.1, -0.05) is 37.8 Å². The summed E-state index contributed by atoms with van der Waals surface area (Å²) in [6, 6.07) is 12.7. The molecule has 140 valence electrons. The maximum Gasteiger partial charge on any atom is 0.262 e. The molecule has 2 aromatic rings. The summed E-state index contributed by atoms with van der Waals surface area (Å²) >= 11 is 5.91. The minimum Gasteiger partial charge on any atom is -0.494 e. The van der Waals surface area contributed by atoms with Crippen molar-refractivity contribution < 1.29 is 14.3 Å². The van der Waals surface area contributed by atoms with Crippen LogP contribution in [0.5, 0.6) is 11.5 Å². The Hall–Kier alpha value is -2.20. The zero-order valence-electron chi connectivity index (χ0n) is 15.4. The summed E-state index contributed by atoms with van der Waals surface area (Å²) < 4.78 is 11.2. The summed E-state index contributed by atoms with van der Waals surface area (Å²) in [6.45, 7) is 4.74. The minimum atomic E-state index is -0.215. The summed E-state index contributed by atoms with van der Waals surface area (Å²) in [4.78, 5) is 12.0. The number of nitrogens with one attached hydrogen (secondary N) is 1. The fourth-order valence-electron chi connectivity index (χ4n) is 2.47. The molecule has 26 heavy (non-hydrogen) atoms. The Morgan fingerprint density at radius 1 is 1.04 bits per heavy atom. The van der Waals surface area contributed by atoms with Gasteiger partial charge in [-0.2, -0.15) is 0 Å². The van der Waals surface area contributed by atoms with Gasteiger partial charge in [0.05, 0.1) is 6.61 Å². The van der Waals surface area contributed by atoms with Crippen molar-refractivity contribution in [3.63, 3.8) is 0 Å². The van der Waals surface area contributed by atoms with E-state index in [1.807, 2.05) is 31.2 Å². The average Bonchev–Trinajstić information content (AvgIpc) is 2.62. The van der Waals surface area contributed by atoms with Crippen LogP contribution in [0.15, 0.2) is 42.5 Å². The van der Waals surface area contributed by atoms with E-state index in [4.69, 9.17) is 21.1 Å². The summed E-state index contributed by atoms with van der Waals surface area (Å²) in [5.74, 6) is 1.25. The topological polar surface area (TPSA) is 47.6 Å². The molecule has 0 saturated carbocycles. The number of unbranched alkanes of at least 4 members (excludes halogenated alkanes) is 3. The van der Waals surface area contributed by atoms with E-state index < -0.39 is 0 Å². The molecule has 1 amide bonds. The van der Waals surface area contributed by atoms with Crippen LogP contribution in [-0.2, 0) is 4.79 Å². The molecular formula is C21H26ClNO3. The van der Waals surface area contributed by atoms with Crippen LogP contribution in [0.2, 0.25) is 5.02 Å². The Labute approximate surface area is 160 Å². The van der Waals surface area contributed by atoms with Crippen LogP contribution in [0.3, 0.4) is 0 Å². The third-order valence-electron chi connectivity index (χ3n) is 3.90. The number of amides is 1. The fraction of sp³-hybridized carbons (Fsp3) is 0.381. The highest BCUT2D eigenvalue weighted by molar-refractivity contribution is 6.30. The lowest BCUT2D eigenvalue weighted by Gasteiger charge is -2.10. The van der Waals surface area contributed by atoms with Crippen molar-refractivity contribution >= 4 is 23.2 Å². The first-order valence-electron chi connectivity index (χ1n) is 9.00. The normalized spacial score (nSPS) is 10.4. The van der Waals surface area contributed by atoms with E-state index in [9.17, 15) is 4.79 Å². The van der Waals surface area contributed by atoms with E-state index in [0.717, 1.165) is 24.3 Å². The van der Waals surface area contributed by atoms with E-state index in [1.165, 1.54) is 19.3 Å². The number of rotatable bonds is 10. The molecule has 4 nitrogen and oxygen atoms in total. The largest absolute Gasteiger partial charge is 0.494 e. The highest BCUT2D eigenvalue weighted by atomic mass is 35.5. The molecule has 0 aliphatic heterocycles. The van der Waals surface area contributed by atoms with Crippen LogP contribution < -0.4 is 14.8 Å². The first kappa shape index (κ1) is 20.1. The molecule has 1 N–H and O–H groups in total. The van der Waals surface area contributed by atoms with Crippen LogP contribution >= 0.6 is 11.6 Å². The SMILES string of the molecule is CCCCCCOc1ccc(NC(=O)COc2ccc(Cl)cc2C)cc1. The standard InChI is InChI=1S/C21H26ClNO3/c1-3-4-5-6-13-25-19-10-8-18(9-11-19)23-21(24)15-26-20-12-7-17(22)14-16(20)2/h7-12,14H,3-6,13,15H2,1-2H3,(H,23,24). The molecule has 0 saturated heterocycles. The van der Waals surface area contributed by atoms with Gasteiger partial charge in [-0.25, -0.2) is 0 Å². The zero-order chi connectivity index (χ0) is 18.8. The van der Waals surface area contributed by atoms with Crippen molar-refractivity contribution in [3.8, 4) is 11.5 Å². The van der Waals surface area contributed by atoms with Crippen molar-refractivity contribution in [2.24, 2.45) is 0 Å². The van der Waals surface area contributed by atoms with E-state index in [0.29, 0.717) is 16.5 Å².